The van der Waals surface area contributed by atoms with Crippen molar-refractivity contribution in [2.75, 3.05) is 5.73 Å². The number of ether oxygens (including phenoxy) is 1. The van der Waals surface area contributed by atoms with Gasteiger partial charge >= 0.3 is 0 Å². The highest BCUT2D eigenvalue weighted by molar-refractivity contribution is 7.07. The van der Waals surface area contributed by atoms with Gasteiger partial charge in [-0.15, -0.1) is 0 Å². The second kappa shape index (κ2) is 5.14. The highest BCUT2D eigenvalue weighted by Crippen LogP contribution is 2.30. The second-order valence-corrected chi connectivity index (χ2v) is 4.53. The number of anilines is 1. The number of para-hydroxylation sites is 1. The fourth-order valence-electron chi connectivity index (χ4n) is 1.44. The first kappa shape index (κ1) is 11.9. The molecule has 17 heavy (non-hydrogen) atoms. The van der Waals surface area contributed by atoms with Crippen molar-refractivity contribution >= 4 is 17.2 Å². The van der Waals surface area contributed by atoms with Gasteiger partial charge in [0.05, 0.1) is 5.69 Å². The fraction of sp³-hybridized carbons (Fsp3) is 0.333. The summed E-state index contributed by atoms with van der Waals surface area (Å²) in [4.78, 5) is 4.30. The zero-order valence-corrected chi connectivity index (χ0v) is 10.8. The zero-order chi connectivity index (χ0) is 12.3. The first-order chi connectivity index (χ1) is 8.20. The Hall–Kier alpha value is -1.62. The van der Waals surface area contributed by atoms with Crippen molar-refractivity contribution in [1.82, 2.24) is 9.36 Å². The predicted molar refractivity (Wildman–Crippen MR) is 69.6 cm³/mol. The highest BCUT2D eigenvalue weighted by atomic mass is 32.1. The summed E-state index contributed by atoms with van der Waals surface area (Å²) in [6, 6.07) is 5.70. The van der Waals surface area contributed by atoms with E-state index in [1.54, 1.807) is 0 Å². The largest absolute Gasteiger partial charge is 0.428 e. The van der Waals surface area contributed by atoms with E-state index >= 15 is 0 Å². The van der Waals surface area contributed by atoms with Crippen LogP contribution in [-0.4, -0.2) is 9.36 Å². The van der Waals surface area contributed by atoms with Crippen LogP contribution in [0.1, 0.15) is 24.7 Å². The molecule has 0 saturated carbocycles. The molecule has 0 saturated heterocycles. The van der Waals surface area contributed by atoms with Crippen LogP contribution in [0.15, 0.2) is 18.2 Å². The third-order valence-electron chi connectivity index (χ3n) is 2.40. The smallest absolute Gasteiger partial charge is 0.298 e. The molecule has 2 aromatic rings. The summed E-state index contributed by atoms with van der Waals surface area (Å²) in [5, 5.41) is 0.547. The van der Waals surface area contributed by atoms with Gasteiger partial charge in [-0.25, -0.2) is 0 Å². The molecule has 0 aliphatic heterocycles. The van der Waals surface area contributed by atoms with E-state index in [0.717, 1.165) is 24.2 Å². The minimum absolute atomic E-state index is 0.547. The number of hydrogen-bond acceptors (Lipinski definition) is 5. The highest BCUT2D eigenvalue weighted by Gasteiger charge is 2.08. The molecule has 1 heterocycles. The first-order valence-electron chi connectivity index (χ1n) is 5.56. The summed E-state index contributed by atoms with van der Waals surface area (Å²) in [5.74, 6) is 1.47. The molecule has 0 atom stereocenters. The van der Waals surface area contributed by atoms with Crippen LogP contribution >= 0.6 is 11.5 Å². The van der Waals surface area contributed by atoms with E-state index in [4.69, 9.17) is 10.5 Å². The third-order valence-corrected chi connectivity index (χ3v) is 3.04. The van der Waals surface area contributed by atoms with Crippen molar-refractivity contribution < 1.29 is 4.74 Å². The molecular weight excluding hydrogens is 234 g/mol. The zero-order valence-electron chi connectivity index (χ0n) is 9.93. The van der Waals surface area contributed by atoms with E-state index in [1.807, 2.05) is 25.1 Å². The number of nitrogens with two attached hydrogens (primary N) is 1. The summed E-state index contributed by atoms with van der Waals surface area (Å²) >= 11 is 1.26. The minimum atomic E-state index is 0.547. The standard InChI is InChI=1S/C12H15N3OS/c1-3-5-10-14-12(17-15-10)16-9-7-4-6-8(2)11(9)13/h4,6-7H,3,5,13H2,1-2H3. The maximum Gasteiger partial charge on any atom is 0.298 e. The quantitative estimate of drug-likeness (QED) is 0.845. The van der Waals surface area contributed by atoms with Crippen molar-refractivity contribution in [3.05, 3.63) is 29.6 Å². The monoisotopic (exact) mass is 249 g/mol. The molecule has 5 heteroatoms. The third kappa shape index (κ3) is 2.74. The van der Waals surface area contributed by atoms with Crippen LogP contribution in [0.4, 0.5) is 5.69 Å². The van der Waals surface area contributed by atoms with Gasteiger partial charge in [0.15, 0.2) is 5.75 Å². The topological polar surface area (TPSA) is 61.0 Å². The molecular formula is C12H15N3OS. The van der Waals surface area contributed by atoms with E-state index in [0.29, 0.717) is 16.6 Å². The normalized spacial score (nSPS) is 10.5. The Morgan fingerprint density at radius 2 is 2.24 bits per heavy atom. The molecule has 0 spiro atoms. The van der Waals surface area contributed by atoms with Crippen molar-refractivity contribution in [1.29, 1.82) is 0 Å². The lowest BCUT2D eigenvalue weighted by molar-refractivity contribution is 0.479. The van der Waals surface area contributed by atoms with Crippen molar-refractivity contribution in [2.45, 2.75) is 26.7 Å². The number of aryl methyl sites for hydroxylation is 2. The van der Waals surface area contributed by atoms with Gasteiger partial charge in [-0.3, -0.25) is 0 Å². The summed E-state index contributed by atoms with van der Waals surface area (Å²) in [7, 11) is 0. The lowest BCUT2D eigenvalue weighted by Crippen LogP contribution is -1.94. The molecule has 1 aromatic carbocycles. The lowest BCUT2D eigenvalue weighted by atomic mass is 10.2. The van der Waals surface area contributed by atoms with Gasteiger partial charge in [-0.05, 0) is 25.0 Å². The minimum Gasteiger partial charge on any atom is -0.428 e. The summed E-state index contributed by atoms with van der Waals surface area (Å²) in [6.07, 6.45) is 1.91. The molecule has 0 unspecified atom stereocenters. The van der Waals surface area contributed by atoms with Crippen LogP contribution < -0.4 is 10.5 Å². The van der Waals surface area contributed by atoms with Crippen LogP contribution in [0.5, 0.6) is 10.9 Å². The van der Waals surface area contributed by atoms with E-state index in [9.17, 15) is 0 Å². The summed E-state index contributed by atoms with van der Waals surface area (Å²) < 4.78 is 9.86. The molecule has 1 aromatic heterocycles. The van der Waals surface area contributed by atoms with Gasteiger partial charge in [0.25, 0.3) is 5.19 Å². The molecule has 0 amide bonds. The maximum absolute atomic E-state index is 5.93. The molecule has 0 aliphatic rings. The van der Waals surface area contributed by atoms with E-state index in [1.165, 1.54) is 11.5 Å². The van der Waals surface area contributed by atoms with Gasteiger partial charge in [0.2, 0.25) is 0 Å². The van der Waals surface area contributed by atoms with Crippen LogP contribution in [0, 0.1) is 6.92 Å². The van der Waals surface area contributed by atoms with Crippen LogP contribution in [0.25, 0.3) is 0 Å². The van der Waals surface area contributed by atoms with Gasteiger partial charge in [0.1, 0.15) is 5.82 Å². The molecule has 0 fully saturated rings. The van der Waals surface area contributed by atoms with Crippen LogP contribution in [0.3, 0.4) is 0 Å². The van der Waals surface area contributed by atoms with E-state index in [-0.39, 0.29) is 0 Å². The molecule has 2 N–H and O–H groups in total. The second-order valence-electron chi connectivity index (χ2n) is 3.82. The Balaban J connectivity index is 2.16. The van der Waals surface area contributed by atoms with Crippen molar-refractivity contribution in [3.63, 3.8) is 0 Å². The summed E-state index contributed by atoms with van der Waals surface area (Å²) in [6.45, 7) is 4.05. The van der Waals surface area contributed by atoms with E-state index in [2.05, 4.69) is 16.3 Å². The van der Waals surface area contributed by atoms with Crippen LogP contribution in [0.2, 0.25) is 0 Å². The number of nitrogens with zero attached hydrogens (tertiary/aromatic N) is 2. The SMILES string of the molecule is CCCc1nsc(Oc2cccc(C)c2N)n1. The van der Waals surface area contributed by atoms with Gasteiger partial charge in [-0.2, -0.15) is 9.36 Å². The van der Waals surface area contributed by atoms with Crippen LogP contribution in [-0.2, 0) is 6.42 Å². The van der Waals surface area contributed by atoms with Gasteiger partial charge < -0.3 is 10.5 Å². The Morgan fingerprint density at radius 3 is 3.00 bits per heavy atom. The Morgan fingerprint density at radius 1 is 1.41 bits per heavy atom. The van der Waals surface area contributed by atoms with Gasteiger partial charge in [0, 0.05) is 18.0 Å². The lowest BCUT2D eigenvalue weighted by Gasteiger charge is -2.06. The number of benzene rings is 1. The Labute approximate surface area is 105 Å². The average molecular weight is 249 g/mol. The molecule has 4 nitrogen and oxygen atoms in total. The Kier molecular flexibility index (Phi) is 3.58. The number of rotatable bonds is 4. The van der Waals surface area contributed by atoms with Crippen molar-refractivity contribution in [2.24, 2.45) is 0 Å². The molecule has 90 valence electrons. The fourth-order valence-corrected chi connectivity index (χ4v) is 2.03. The number of hydrogen-bond donors (Lipinski definition) is 1. The van der Waals surface area contributed by atoms with Crippen molar-refractivity contribution in [3.8, 4) is 10.9 Å². The molecule has 0 radical (unpaired) electrons. The van der Waals surface area contributed by atoms with E-state index < -0.39 is 0 Å². The average Bonchev–Trinajstić information content (AvgIpc) is 2.73. The predicted octanol–water partition coefficient (Wildman–Crippen LogP) is 3.17. The number of aromatic nitrogens is 2. The van der Waals surface area contributed by atoms with Gasteiger partial charge in [-0.1, -0.05) is 19.1 Å². The summed E-state index contributed by atoms with van der Waals surface area (Å²) in [5.41, 5.74) is 7.58. The molecule has 0 aliphatic carbocycles. The maximum atomic E-state index is 5.93. The molecule has 0 bridgehead atoms. The molecule has 2 rings (SSSR count). The Bertz CT molecular complexity index is 510. The first-order valence-corrected chi connectivity index (χ1v) is 6.33. The number of nitrogen functional groups attached to an aromatic ring is 1.